The van der Waals surface area contributed by atoms with Crippen LogP contribution in [0.15, 0.2) is 48.8 Å². The number of hydrogen-bond donors (Lipinski definition) is 2. The zero-order valence-corrected chi connectivity index (χ0v) is 10.8. The van der Waals surface area contributed by atoms with Crippen molar-refractivity contribution in [2.75, 3.05) is 5.73 Å². The number of nitrogen functional groups attached to an aromatic ring is 1. The molecule has 0 aliphatic heterocycles. The van der Waals surface area contributed by atoms with Crippen molar-refractivity contribution >= 4 is 11.6 Å². The molecule has 19 heavy (non-hydrogen) atoms. The molecule has 3 N–H and O–H groups in total. The van der Waals surface area contributed by atoms with Crippen LogP contribution in [0.3, 0.4) is 0 Å². The lowest BCUT2D eigenvalue weighted by Crippen LogP contribution is -2.34. The quantitative estimate of drug-likeness (QED) is 0.878. The van der Waals surface area contributed by atoms with Gasteiger partial charge in [-0.3, -0.25) is 9.78 Å². The topological polar surface area (TPSA) is 68.0 Å². The summed E-state index contributed by atoms with van der Waals surface area (Å²) in [4.78, 5) is 15.9. The molecule has 98 valence electrons. The third-order valence-corrected chi connectivity index (χ3v) is 2.86. The molecule has 2 rings (SSSR count). The van der Waals surface area contributed by atoms with E-state index in [2.05, 4.69) is 10.3 Å². The van der Waals surface area contributed by atoms with Crippen molar-refractivity contribution in [1.29, 1.82) is 0 Å². The number of hydrogen-bond acceptors (Lipinski definition) is 3. The Balaban J connectivity index is 1.98. The van der Waals surface area contributed by atoms with Crippen molar-refractivity contribution in [3.63, 3.8) is 0 Å². The summed E-state index contributed by atoms with van der Waals surface area (Å²) in [5.74, 6) is -0.164. The Labute approximate surface area is 112 Å². The molecule has 1 atom stereocenters. The number of nitrogens with two attached hydrogens (primary N) is 1. The van der Waals surface area contributed by atoms with Crippen LogP contribution in [0.1, 0.15) is 22.8 Å². The van der Waals surface area contributed by atoms with Crippen molar-refractivity contribution in [2.45, 2.75) is 19.4 Å². The fourth-order valence-corrected chi connectivity index (χ4v) is 1.93. The molecule has 0 saturated carbocycles. The van der Waals surface area contributed by atoms with Gasteiger partial charge in [0.15, 0.2) is 0 Å². The predicted octanol–water partition coefficient (Wildman–Crippen LogP) is 2.02. The molecule has 0 saturated heterocycles. The highest BCUT2D eigenvalue weighted by Gasteiger charge is 2.12. The first kappa shape index (κ1) is 13.1. The second kappa shape index (κ2) is 6.00. The number of amides is 1. The van der Waals surface area contributed by atoms with E-state index in [-0.39, 0.29) is 11.9 Å². The molecule has 0 spiro atoms. The Kier molecular flexibility index (Phi) is 4.13. The monoisotopic (exact) mass is 255 g/mol. The van der Waals surface area contributed by atoms with Gasteiger partial charge in [0.05, 0.1) is 17.4 Å². The smallest absolute Gasteiger partial charge is 0.253 e. The first-order valence-electron chi connectivity index (χ1n) is 6.21. The number of pyridine rings is 1. The van der Waals surface area contributed by atoms with E-state index in [1.165, 1.54) is 11.8 Å². The van der Waals surface area contributed by atoms with Gasteiger partial charge in [-0.2, -0.15) is 0 Å². The van der Waals surface area contributed by atoms with Crippen molar-refractivity contribution in [3.8, 4) is 0 Å². The van der Waals surface area contributed by atoms with Gasteiger partial charge in [0.2, 0.25) is 0 Å². The maximum atomic E-state index is 12.0. The Morgan fingerprint density at radius 2 is 2.05 bits per heavy atom. The van der Waals surface area contributed by atoms with E-state index in [0.29, 0.717) is 11.3 Å². The summed E-state index contributed by atoms with van der Waals surface area (Å²) in [7, 11) is 0. The number of rotatable bonds is 4. The van der Waals surface area contributed by atoms with Crippen molar-refractivity contribution in [2.24, 2.45) is 0 Å². The summed E-state index contributed by atoms with van der Waals surface area (Å²) >= 11 is 0. The van der Waals surface area contributed by atoms with Crippen molar-refractivity contribution in [1.82, 2.24) is 10.3 Å². The summed E-state index contributed by atoms with van der Waals surface area (Å²) in [5, 5.41) is 2.94. The largest absolute Gasteiger partial charge is 0.397 e. The average molecular weight is 255 g/mol. The lowest BCUT2D eigenvalue weighted by molar-refractivity contribution is 0.0941. The number of benzene rings is 1. The highest BCUT2D eigenvalue weighted by atomic mass is 16.1. The highest BCUT2D eigenvalue weighted by Crippen LogP contribution is 2.09. The Bertz CT molecular complexity index is 554. The Hall–Kier alpha value is -2.36. The third kappa shape index (κ3) is 3.55. The van der Waals surface area contributed by atoms with E-state index in [1.54, 1.807) is 12.3 Å². The second-order valence-corrected chi connectivity index (χ2v) is 4.53. The summed E-state index contributed by atoms with van der Waals surface area (Å²) in [6.45, 7) is 1.97. The molecule has 0 bridgehead atoms. The van der Waals surface area contributed by atoms with Crippen LogP contribution in [0.5, 0.6) is 0 Å². The minimum absolute atomic E-state index is 0.0439. The van der Waals surface area contributed by atoms with Crippen LogP contribution in [-0.4, -0.2) is 16.9 Å². The molecule has 0 aliphatic carbocycles. The summed E-state index contributed by atoms with van der Waals surface area (Å²) in [5.41, 5.74) is 7.78. The van der Waals surface area contributed by atoms with Crippen LogP contribution in [0.2, 0.25) is 0 Å². The first-order valence-corrected chi connectivity index (χ1v) is 6.21. The number of nitrogens with zero attached hydrogens (tertiary/aromatic N) is 1. The zero-order chi connectivity index (χ0) is 13.7. The van der Waals surface area contributed by atoms with Crippen molar-refractivity contribution < 1.29 is 4.79 Å². The number of carbonyl (C=O) groups excluding carboxylic acids is 1. The minimum Gasteiger partial charge on any atom is -0.397 e. The number of nitrogens with one attached hydrogen (secondary N) is 1. The fraction of sp³-hybridized carbons (Fsp3) is 0.200. The van der Waals surface area contributed by atoms with Gasteiger partial charge in [-0.05, 0) is 25.0 Å². The van der Waals surface area contributed by atoms with Gasteiger partial charge in [0.25, 0.3) is 5.91 Å². The van der Waals surface area contributed by atoms with Gasteiger partial charge in [-0.1, -0.05) is 30.3 Å². The van der Waals surface area contributed by atoms with Crippen LogP contribution in [0.25, 0.3) is 0 Å². The zero-order valence-electron chi connectivity index (χ0n) is 10.8. The van der Waals surface area contributed by atoms with Gasteiger partial charge >= 0.3 is 0 Å². The maximum Gasteiger partial charge on any atom is 0.253 e. The SMILES string of the molecule is CC(Cc1ccccc1)NC(=O)c1ccncc1N. The molecule has 1 heterocycles. The van der Waals surface area contributed by atoms with Gasteiger partial charge in [0.1, 0.15) is 0 Å². The molecule has 1 unspecified atom stereocenters. The molecule has 0 aliphatic rings. The lowest BCUT2D eigenvalue weighted by atomic mass is 10.1. The van der Waals surface area contributed by atoms with E-state index in [4.69, 9.17) is 5.73 Å². The van der Waals surface area contributed by atoms with Crippen LogP contribution in [-0.2, 0) is 6.42 Å². The number of anilines is 1. The van der Waals surface area contributed by atoms with Crippen LogP contribution in [0.4, 0.5) is 5.69 Å². The minimum atomic E-state index is -0.164. The second-order valence-electron chi connectivity index (χ2n) is 4.53. The molecular formula is C15H17N3O. The number of aromatic nitrogens is 1. The molecule has 1 aromatic carbocycles. The summed E-state index contributed by atoms with van der Waals surface area (Å²) in [6, 6.07) is 11.7. The Morgan fingerprint density at radius 3 is 2.74 bits per heavy atom. The molecule has 4 heteroatoms. The molecule has 0 radical (unpaired) electrons. The lowest BCUT2D eigenvalue weighted by Gasteiger charge is -2.14. The maximum absolute atomic E-state index is 12.0. The summed E-state index contributed by atoms with van der Waals surface area (Å²) in [6.07, 6.45) is 3.83. The Morgan fingerprint density at radius 1 is 1.32 bits per heavy atom. The predicted molar refractivity (Wildman–Crippen MR) is 75.7 cm³/mol. The molecule has 4 nitrogen and oxygen atoms in total. The van der Waals surface area contributed by atoms with Crippen molar-refractivity contribution in [3.05, 3.63) is 59.9 Å². The fourth-order valence-electron chi connectivity index (χ4n) is 1.93. The molecule has 2 aromatic rings. The molecule has 0 fully saturated rings. The molecular weight excluding hydrogens is 238 g/mol. The van der Waals surface area contributed by atoms with E-state index in [1.807, 2.05) is 37.3 Å². The van der Waals surface area contributed by atoms with Gasteiger partial charge in [0, 0.05) is 12.2 Å². The van der Waals surface area contributed by atoms with E-state index < -0.39 is 0 Å². The standard InChI is InChI=1S/C15H17N3O/c1-11(9-12-5-3-2-4-6-12)18-15(19)13-7-8-17-10-14(13)16/h2-8,10-11H,9,16H2,1H3,(H,18,19). The third-order valence-electron chi connectivity index (χ3n) is 2.86. The highest BCUT2D eigenvalue weighted by molar-refractivity contribution is 5.98. The van der Waals surface area contributed by atoms with Gasteiger partial charge in [-0.15, -0.1) is 0 Å². The average Bonchev–Trinajstić information content (AvgIpc) is 2.40. The van der Waals surface area contributed by atoms with Gasteiger partial charge in [-0.25, -0.2) is 0 Å². The van der Waals surface area contributed by atoms with Crippen LogP contribution < -0.4 is 11.1 Å². The molecule has 1 amide bonds. The van der Waals surface area contributed by atoms with E-state index >= 15 is 0 Å². The van der Waals surface area contributed by atoms with Gasteiger partial charge < -0.3 is 11.1 Å². The number of carbonyl (C=O) groups is 1. The van der Waals surface area contributed by atoms with E-state index in [9.17, 15) is 4.79 Å². The summed E-state index contributed by atoms with van der Waals surface area (Å²) < 4.78 is 0. The van der Waals surface area contributed by atoms with Crippen LogP contribution in [0, 0.1) is 0 Å². The normalized spacial score (nSPS) is 11.8. The van der Waals surface area contributed by atoms with E-state index in [0.717, 1.165) is 6.42 Å². The van der Waals surface area contributed by atoms with Crippen LogP contribution >= 0.6 is 0 Å². The molecule has 1 aromatic heterocycles. The first-order chi connectivity index (χ1) is 9.16.